The predicted octanol–water partition coefficient (Wildman–Crippen LogP) is 2.90. The normalized spacial score (nSPS) is 9.47. The third kappa shape index (κ3) is 3.71. The first-order chi connectivity index (χ1) is 7.13. The molecular weight excluding hydrogens is 263 g/mol. The summed E-state index contributed by atoms with van der Waals surface area (Å²) in [6.07, 6.45) is 1.56. The zero-order valence-electron chi connectivity index (χ0n) is 7.89. The van der Waals surface area contributed by atoms with E-state index in [0.29, 0.717) is 16.7 Å². The number of carbonyl (C=O) groups is 1. The molecule has 1 aromatic carbocycles. The van der Waals surface area contributed by atoms with Crippen molar-refractivity contribution in [2.45, 2.75) is 0 Å². The topological polar surface area (TPSA) is 41.1 Å². The number of benzene rings is 1. The molecular formula is C10H10BrFN2O. The van der Waals surface area contributed by atoms with Gasteiger partial charge in [-0.15, -0.1) is 6.58 Å². The van der Waals surface area contributed by atoms with Gasteiger partial charge < -0.3 is 10.6 Å². The number of halogens is 2. The first-order valence-corrected chi connectivity index (χ1v) is 5.03. The molecule has 0 aliphatic carbocycles. The van der Waals surface area contributed by atoms with Gasteiger partial charge in [0.25, 0.3) is 0 Å². The molecule has 5 heteroatoms. The van der Waals surface area contributed by atoms with Crippen molar-refractivity contribution in [2.24, 2.45) is 0 Å². The molecule has 0 atom stereocenters. The van der Waals surface area contributed by atoms with Crippen molar-refractivity contribution in [1.82, 2.24) is 5.32 Å². The van der Waals surface area contributed by atoms with Crippen LogP contribution in [0.3, 0.4) is 0 Å². The molecule has 1 aromatic rings. The summed E-state index contributed by atoms with van der Waals surface area (Å²) in [4.78, 5) is 11.2. The van der Waals surface area contributed by atoms with Crippen molar-refractivity contribution >= 4 is 27.6 Å². The maximum absolute atomic E-state index is 13.0. The summed E-state index contributed by atoms with van der Waals surface area (Å²) < 4.78 is 13.4. The number of nitrogens with one attached hydrogen (secondary N) is 2. The smallest absolute Gasteiger partial charge is 0.319 e. The van der Waals surface area contributed by atoms with Crippen molar-refractivity contribution in [2.75, 3.05) is 11.9 Å². The van der Waals surface area contributed by atoms with Gasteiger partial charge in [-0.2, -0.15) is 0 Å². The Morgan fingerprint density at radius 3 is 2.93 bits per heavy atom. The Balaban J connectivity index is 2.60. The number of anilines is 1. The highest BCUT2D eigenvalue weighted by Gasteiger charge is 2.03. The first kappa shape index (κ1) is 11.7. The third-order valence-electron chi connectivity index (χ3n) is 1.58. The number of urea groups is 1. The van der Waals surface area contributed by atoms with E-state index in [2.05, 4.69) is 33.1 Å². The molecule has 80 valence electrons. The van der Waals surface area contributed by atoms with E-state index in [-0.39, 0.29) is 0 Å². The quantitative estimate of drug-likeness (QED) is 0.817. The van der Waals surface area contributed by atoms with E-state index in [1.807, 2.05) is 0 Å². The highest BCUT2D eigenvalue weighted by molar-refractivity contribution is 9.10. The maximum Gasteiger partial charge on any atom is 0.319 e. The maximum atomic E-state index is 13.0. The highest BCUT2D eigenvalue weighted by Crippen LogP contribution is 2.18. The van der Waals surface area contributed by atoms with Gasteiger partial charge in [-0.3, -0.25) is 0 Å². The van der Waals surface area contributed by atoms with Crippen LogP contribution in [0.25, 0.3) is 0 Å². The lowest BCUT2D eigenvalue weighted by molar-refractivity contribution is 0.253. The second-order valence-electron chi connectivity index (χ2n) is 2.75. The largest absolute Gasteiger partial charge is 0.334 e. The van der Waals surface area contributed by atoms with E-state index in [9.17, 15) is 9.18 Å². The van der Waals surface area contributed by atoms with Crippen LogP contribution in [0.2, 0.25) is 0 Å². The Morgan fingerprint density at radius 2 is 2.33 bits per heavy atom. The number of rotatable bonds is 3. The Bertz CT molecular complexity index is 382. The zero-order chi connectivity index (χ0) is 11.3. The molecule has 15 heavy (non-hydrogen) atoms. The molecule has 0 aliphatic rings. The SMILES string of the molecule is C=CCNC(=O)Nc1ccc(Br)c(F)c1. The minimum atomic E-state index is -0.420. The van der Waals surface area contributed by atoms with Crippen LogP contribution in [-0.4, -0.2) is 12.6 Å². The van der Waals surface area contributed by atoms with Gasteiger partial charge in [-0.1, -0.05) is 6.08 Å². The highest BCUT2D eigenvalue weighted by atomic mass is 79.9. The van der Waals surface area contributed by atoms with Gasteiger partial charge >= 0.3 is 6.03 Å². The van der Waals surface area contributed by atoms with Crippen molar-refractivity contribution in [3.8, 4) is 0 Å². The van der Waals surface area contributed by atoms with E-state index in [1.165, 1.54) is 12.1 Å². The molecule has 0 aromatic heterocycles. The minimum Gasteiger partial charge on any atom is -0.334 e. The average molecular weight is 273 g/mol. The molecule has 3 nitrogen and oxygen atoms in total. The van der Waals surface area contributed by atoms with Crippen LogP contribution >= 0.6 is 15.9 Å². The van der Waals surface area contributed by atoms with E-state index in [0.717, 1.165) is 0 Å². The van der Waals surface area contributed by atoms with E-state index in [1.54, 1.807) is 12.1 Å². The molecule has 2 amide bonds. The van der Waals surface area contributed by atoms with E-state index >= 15 is 0 Å². The van der Waals surface area contributed by atoms with Crippen molar-refractivity contribution in [3.05, 3.63) is 41.1 Å². The van der Waals surface area contributed by atoms with Gasteiger partial charge in [0.1, 0.15) is 5.82 Å². The fraction of sp³-hybridized carbons (Fsp3) is 0.100. The van der Waals surface area contributed by atoms with Gasteiger partial charge in [-0.05, 0) is 34.1 Å². The second kappa shape index (κ2) is 5.50. The Kier molecular flexibility index (Phi) is 4.30. The van der Waals surface area contributed by atoms with Crippen LogP contribution in [-0.2, 0) is 0 Å². The Labute approximate surface area is 95.5 Å². The summed E-state index contributed by atoms with van der Waals surface area (Å²) >= 11 is 3.02. The summed E-state index contributed by atoms with van der Waals surface area (Å²) in [5, 5.41) is 5.00. The number of hydrogen-bond donors (Lipinski definition) is 2. The molecule has 0 bridgehead atoms. The third-order valence-corrected chi connectivity index (χ3v) is 2.23. The monoisotopic (exact) mass is 272 g/mol. The van der Waals surface area contributed by atoms with Gasteiger partial charge in [0.05, 0.1) is 4.47 Å². The lowest BCUT2D eigenvalue weighted by Gasteiger charge is -2.06. The standard InChI is InChI=1S/C10H10BrFN2O/c1-2-5-13-10(15)14-7-3-4-8(11)9(12)6-7/h2-4,6H,1,5H2,(H2,13,14,15). The summed E-state index contributed by atoms with van der Waals surface area (Å²) in [5.74, 6) is -0.420. The van der Waals surface area contributed by atoms with E-state index < -0.39 is 11.8 Å². The van der Waals surface area contributed by atoms with E-state index in [4.69, 9.17) is 0 Å². The van der Waals surface area contributed by atoms with Crippen LogP contribution in [0.4, 0.5) is 14.9 Å². The molecule has 0 fully saturated rings. The molecule has 0 unspecified atom stereocenters. The van der Waals surface area contributed by atoms with Gasteiger partial charge in [0.2, 0.25) is 0 Å². The molecule has 0 heterocycles. The van der Waals surface area contributed by atoms with Crippen molar-refractivity contribution in [3.63, 3.8) is 0 Å². The van der Waals surface area contributed by atoms with Crippen LogP contribution in [0.1, 0.15) is 0 Å². The molecule has 0 spiro atoms. The van der Waals surface area contributed by atoms with Gasteiger partial charge in [0, 0.05) is 12.2 Å². The lowest BCUT2D eigenvalue weighted by Crippen LogP contribution is -2.28. The number of hydrogen-bond acceptors (Lipinski definition) is 1. The van der Waals surface area contributed by atoms with Crippen molar-refractivity contribution in [1.29, 1.82) is 0 Å². The molecule has 0 saturated carbocycles. The molecule has 0 radical (unpaired) electrons. The fourth-order valence-electron chi connectivity index (χ4n) is 0.914. The summed E-state index contributed by atoms with van der Waals surface area (Å²) in [5.41, 5.74) is 0.400. The predicted molar refractivity (Wildman–Crippen MR) is 61.3 cm³/mol. The summed E-state index contributed by atoms with van der Waals surface area (Å²) in [6, 6.07) is 3.97. The first-order valence-electron chi connectivity index (χ1n) is 4.24. The Hall–Kier alpha value is -1.36. The molecule has 0 saturated heterocycles. The Morgan fingerprint density at radius 1 is 1.60 bits per heavy atom. The van der Waals surface area contributed by atoms with Gasteiger partial charge in [0.15, 0.2) is 0 Å². The van der Waals surface area contributed by atoms with Crippen LogP contribution in [0, 0.1) is 5.82 Å². The minimum absolute atomic E-state index is 0.361. The summed E-state index contributed by atoms with van der Waals surface area (Å²) in [6.45, 7) is 3.82. The summed E-state index contributed by atoms with van der Waals surface area (Å²) in [7, 11) is 0. The zero-order valence-corrected chi connectivity index (χ0v) is 9.47. The number of amides is 2. The lowest BCUT2D eigenvalue weighted by atomic mass is 10.3. The van der Waals surface area contributed by atoms with Gasteiger partial charge in [-0.25, -0.2) is 9.18 Å². The van der Waals surface area contributed by atoms with Crippen LogP contribution in [0.5, 0.6) is 0 Å². The molecule has 0 aliphatic heterocycles. The molecule has 2 N–H and O–H groups in total. The fourth-order valence-corrected chi connectivity index (χ4v) is 1.16. The average Bonchev–Trinajstić information content (AvgIpc) is 2.20. The van der Waals surface area contributed by atoms with Crippen molar-refractivity contribution < 1.29 is 9.18 Å². The van der Waals surface area contributed by atoms with Crippen LogP contribution < -0.4 is 10.6 Å². The second-order valence-corrected chi connectivity index (χ2v) is 3.61. The molecule has 1 rings (SSSR count). The van der Waals surface area contributed by atoms with Crippen LogP contribution in [0.15, 0.2) is 35.3 Å². The number of carbonyl (C=O) groups excluding carboxylic acids is 1.